The van der Waals surface area contributed by atoms with E-state index in [1.54, 1.807) is 0 Å². The normalized spacial score (nSPS) is 17.0. The first-order chi connectivity index (χ1) is 10.1. The molecule has 1 N–H and O–H groups in total. The van der Waals surface area contributed by atoms with Crippen molar-refractivity contribution in [3.05, 3.63) is 70.3 Å². The zero-order valence-electron chi connectivity index (χ0n) is 12.4. The maximum Gasteiger partial charge on any atom is 0.0985 e. The fraction of sp³-hybridized carbons (Fsp3) is 0.316. The molecule has 21 heavy (non-hydrogen) atoms. The predicted molar refractivity (Wildman–Crippen MR) is 82.8 cm³/mol. The second-order valence-electron chi connectivity index (χ2n) is 6.15. The number of nitrogens with zero attached hydrogens (tertiary/aromatic N) is 1. The van der Waals surface area contributed by atoms with Crippen molar-refractivity contribution in [3.8, 4) is 6.07 Å². The van der Waals surface area contributed by atoms with Crippen molar-refractivity contribution in [3.63, 3.8) is 0 Å². The van der Waals surface area contributed by atoms with Crippen molar-refractivity contribution in [2.24, 2.45) is 5.41 Å². The Labute approximate surface area is 125 Å². The summed E-state index contributed by atoms with van der Waals surface area (Å²) in [5.74, 6) is 0. The number of rotatable bonds is 2. The highest BCUT2D eigenvalue weighted by Crippen LogP contribution is 2.46. The van der Waals surface area contributed by atoms with Crippen LogP contribution in [0.25, 0.3) is 0 Å². The van der Waals surface area contributed by atoms with Gasteiger partial charge < -0.3 is 5.11 Å². The fourth-order valence-electron chi connectivity index (χ4n) is 3.33. The van der Waals surface area contributed by atoms with Crippen molar-refractivity contribution in [1.29, 1.82) is 5.26 Å². The number of hydrogen-bond acceptors (Lipinski definition) is 2. The number of nitriles is 1. The van der Waals surface area contributed by atoms with E-state index in [9.17, 15) is 10.4 Å². The molecule has 106 valence electrons. The molecule has 0 radical (unpaired) electrons. The summed E-state index contributed by atoms with van der Waals surface area (Å²) < 4.78 is 0. The van der Waals surface area contributed by atoms with E-state index < -0.39 is 11.5 Å². The fourth-order valence-corrected chi connectivity index (χ4v) is 3.33. The number of aryl methyl sites for hydroxylation is 2. The van der Waals surface area contributed by atoms with Crippen LogP contribution in [0.3, 0.4) is 0 Å². The summed E-state index contributed by atoms with van der Waals surface area (Å²) in [5, 5.41) is 20.7. The Hall–Kier alpha value is -2.11. The van der Waals surface area contributed by atoms with E-state index in [0.717, 1.165) is 16.7 Å². The highest BCUT2D eigenvalue weighted by molar-refractivity contribution is 5.41. The molecule has 1 aliphatic carbocycles. The van der Waals surface area contributed by atoms with E-state index in [4.69, 9.17) is 0 Å². The lowest BCUT2D eigenvalue weighted by Crippen LogP contribution is -2.28. The Kier molecular flexibility index (Phi) is 3.31. The molecule has 1 aliphatic rings. The van der Waals surface area contributed by atoms with Crippen LogP contribution >= 0.6 is 0 Å². The lowest BCUT2D eigenvalue weighted by Gasteiger charge is -2.28. The van der Waals surface area contributed by atoms with Crippen LogP contribution < -0.4 is 0 Å². The van der Waals surface area contributed by atoms with Crippen molar-refractivity contribution < 1.29 is 5.11 Å². The van der Waals surface area contributed by atoms with Gasteiger partial charge in [0.15, 0.2) is 0 Å². The quantitative estimate of drug-likeness (QED) is 0.910. The number of benzene rings is 2. The molecule has 2 heteroatoms. The molecule has 0 heterocycles. The molecule has 0 aliphatic heterocycles. The summed E-state index contributed by atoms with van der Waals surface area (Å²) in [4.78, 5) is 0. The first-order valence-electron chi connectivity index (χ1n) is 7.29. The van der Waals surface area contributed by atoms with Crippen molar-refractivity contribution in [1.82, 2.24) is 0 Å². The van der Waals surface area contributed by atoms with Crippen molar-refractivity contribution in [2.75, 3.05) is 0 Å². The second kappa shape index (κ2) is 5.02. The van der Waals surface area contributed by atoms with Crippen LogP contribution in [0.4, 0.5) is 0 Å². The lowest BCUT2D eigenvalue weighted by molar-refractivity contribution is 0.0687. The van der Waals surface area contributed by atoms with Crippen molar-refractivity contribution >= 4 is 0 Å². The minimum atomic E-state index is -0.755. The molecular weight excluding hydrogens is 258 g/mol. The van der Waals surface area contributed by atoms with Crippen LogP contribution in [0.5, 0.6) is 0 Å². The molecule has 0 amide bonds. The van der Waals surface area contributed by atoms with Gasteiger partial charge in [-0.3, -0.25) is 0 Å². The van der Waals surface area contributed by atoms with Gasteiger partial charge in [0.1, 0.15) is 0 Å². The Morgan fingerprint density at radius 2 is 1.71 bits per heavy atom. The maximum absolute atomic E-state index is 10.9. The number of hydrogen-bond donors (Lipinski definition) is 1. The molecule has 0 fully saturated rings. The first kappa shape index (κ1) is 13.9. The minimum absolute atomic E-state index is 0.619. The van der Waals surface area contributed by atoms with E-state index in [-0.39, 0.29) is 0 Å². The summed E-state index contributed by atoms with van der Waals surface area (Å²) in [7, 11) is 0. The molecule has 0 bridgehead atoms. The molecule has 3 rings (SSSR count). The van der Waals surface area contributed by atoms with Crippen molar-refractivity contribution in [2.45, 2.75) is 32.8 Å². The molecule has 2 nitrogen and oxygen atoms in total. The van der Waals surface area contributed by atoms with Gasteiger partial charge >= 0.3 is 0 Å². The first-order valence-corrected chi connectivity index (χ1v) is 7.29. The number of aliphatic hydroxyl groups excluding tert-OH is 1. The van der Waals surface area contributed by atoms with Gasteiger partial charge in [-0.15, -0.1) is 0 Å². The summed E-state index contributed by atoms with van der Waals surface area (Å²) in [6.45, 7) is 4.00. The molecule has 0 spiro atoms. The molecule has 2 aromatic rings. The highest BCUT2D eigenvalue weighted by Gasteiger charge is 2.44. The summed E-state index contributed by atoms with van der Waals surface area (Å²) >= 11 is 0. The Morgan fingerprint density at radius 3 is 2.29 bits per heavy atom. The second-order valence-corrected chi connectivity index (χ2v) is 6.15. The summed E-state index contributed by atoms with van der Waals surface area (Å²) in [6.07, 6.45) is 0.484. The summed E-state index contributed by atoms with van der Waals surface area (Å²) in [5.41, 5.74) is 4.65. The Balaban J connectivity index is 2.02. The topological polar surface area (TPSA) is 44.0 Å². The predicted octanol–water partition coefficient (Wildman–Crippen LogP) is 3.65. The van der Waals surface area contributed by atoms with Crippen LogP contribution in [0.1, 0.15) is 33.9 Å². The average Bonchev–Trinajstić information content (AvgIpc) is 2.89. The van der Waals surface area contributed by atoms with E-state index in [1.165, 1.54) is 11.1 Å². The number of aliphatic hydroxyl groups is 1. The van der Waals surface area contributed by atoms with E-state index in [1.807, 2.05) is 44.2 Å². The van der Waals surface area contributed by atoms with Gasteiger partial charge in [-0.25, -0.2) is 0 Å². The van der Waals surface area contributed by atoms with Gasteiger partial charge in [-0.2, -0.15) is 5.26 Å². The zero-order valence-corrected chi connectivity index (χ0v) is 12.4. The van der Waals surface area contributed by atoms with Crippen LogP contribution in [0, 0.1) is 30.6 Å². The summed E-state index contributed by atoms with van der Waals surface area (Å²) in [6, 6.07) is 16.6. The van der Waals surface area contributed by atoms with Gasteiger partial charge in [0, 0.05) is 0 Å². The van der Waals surface area contributed by atoms with Crippen LogP contribution in [0.2, 0.25) is 0 Å². The lowest BCUT2D eigenvalue weighted by atomic mass is 9.76. The van der Waals surface area contributed by atoms with Crippen LogP contribution in [-0.4, -0.2) is 5.11 Å². The minimum Gasteiger partial charge on any atom is -0.387 e. The third kappa shape index (κ3) is 2.24. The molecular formula is C19H19NO. The van der Waals surface area contributed by atoms with Gasteiger partial charge in [-0.1, -0.05) is 48.0 Å². The molecule has 1 atom stereocenters. The molecule has 0 saturated carbocycles. The maximum atomic E-state index is 10.9. The smallest absolute Gasteiger partial charge is 0.0985 e. The standard InChI is InChI=1S/C19H19NO/c1-13-7-8-14(2)17(9-13)18(21)19(12-20)10-15-5-3-4-6-16(15)11-19/h3-9,18,21H,10-11H2,1-2H3. The SMILES string of the molecule is Cc1ccc(C)c(C(O)C2(C#N)Cc3ccccc3C2)c1. The molecule has 0 aromatic heterocycles. The number of fused-ring (bicyclic) bond motifs is 1. The Bertz CT molecular complexity index is 702. The van der Waals surface area contributed by atoms with Gasteiger partial charge in [0.25, 0.3) is 0 Å². The third-order valence-electron chi connectivity index (χ3n) is 4.61. The average molecular weight is 277 g/mol. The van der Waals surface area contributed by atoms with E-state index in [0.29, 0.717) is 12.8 Å². The molecule has 0 saturated heterocycles. The largest absolute Gasteiger partial charge is 0.387 e. The van der Waals surface area contributed by atoms with Crippen LogP contribution in [-0.2, 0) is 12.8 Å². The molecule has 1 unspecified atom stereocenters. The van der Waals surface area contributed by atoms with E-state index >= 15 is 0 Å². The van der Waals surface area contributed by atoms with Gasteiger partial charge in [0.05, 0.1) is 17.6 Å². The Morgan fingerprint density at radius 1 is 1.10 bits per heavy atom. The highest BCUT2D eigenvalue weighted by atomic mass is 16.3. The van der Waals surface area contributed by atoms with Crippen LogP contribution in [0.15, 0.2) is 42.5 Å². The zero-order chi connectivity index (χ0) is 15.0. The van der Waals surface area contributed by atoms with Gasteiger partial charge in [-0.05, 0) is 48.9 Å². The van der Waals surface area contributed by atoms with Gasteiger partial charge in [0.2, 0.25) is 0 Å². The third-order valence-corrected chi connectivity index (χ3v) is 4.61. The molecule has 2 aromatic carbocycles. The van der Waals surface area contributed by atoms with E-state index in [2.05, 4.69) is 18.2 Å². The monoisotopic (exact) mass is 277 g/mol.